The van der Waals surface area contributed by atoms with Crippen molar-refractivity contribution in [2.45, 2.75) is 52.1 Å². The summed E-state index contributed by atoms with van der Waals surface area (Å²) in [5.74, 6) is 0.0135. The van der Waals surface area contributed by atoms with Crippen LogP contribution in [0.4, 0.5) is 10.5 Å². The summed E-state index contributed by atoms with van der Waals surface area (Å²) in [6.45, 7) is 5.35. The standard InChI is InChI=1S/C23H32N4O2/c1-4-13-26(23(29)24-19-9-6-8-18(5-2)15-19)17-22(28)27(20-11-12-20)16-21-10-7-14-25(21)3/h6-10,14-15,20H,4-5,11-13,16-17H2,1-3H3,(H,24,29). The monoisotopic (exact) mass is 396 g/mol. The zero-order valence-electron chi connectivity index (χ0n) is 17.7. The normalized spacial score (nSPS) is 13.2. The first-order valence-electron chi connectivity index (χ1n) is 10.6. The summed E-state index contributed by atoms with van der Waals surface area (Å²) >= 11 is 0. The van der Waals surface area contributed by atoms with Gasteiger partial charge in [0.2, 0.25) is 5.91 Å². The smallest absolute Gasteiger partial charge is 0.322 e. The molecule has 29 heavy (non-hydrogen) atoms. The molecule has 0 spiro atoms. The number of aromatic nitrogens is 1. The van der Waals surface area contributed by atoms with Gasteiger partial charge in [-0.3, -0.25) is 4.79 Å². The Morgan fingerprint density at radius 2 is 1.97 bits per heavy atom. The van der Waals surface area contributed by atoms with Gasteiger partial charge in [-0.2, -0.15) is 0 Å². The molecular formula is C23H32N4O2. The number of anilines is 1. The van der Waals surface area contributed by atoms with Crippen molar-refractivity contribution in [3.8, 4) is 0 Å². The van der Waals surface area contributed by atoms with Gasteiger partial charge < -0.3 is 19.7 Å². The van der Waals surface area contributed by atoms with E-state index in [0.717, 1.165) is 37.1 Å². The highest BCUT2D eigenvalue weighted by molar-refractivity contribution is 5.92. The van der Waals surface area contributed by atoms with Crippen LogP contribution in [0.15, 0.2) is 42.6 Å². The van der Waals surface area contributed by atoms with Gasteiger partial charge >= 0.3 is 6.03 Å². The molecule has 156 valence electrons. The summed E-state index contributed by atoms with van der Waals surface area (Å²) in [7, 11) is 1.99. The van der Waals surface area contributed by atoms with Gasteiger partial charge in [-0.15, -0.1) is 0 Å². The summed E-state index contributed by atoms with van der Waals surface area (Å²) in [6.07, 6.45) is 5.79. The molecule has 0 aliphatic heterocycles. The van der Waals surface area contributed by atoms with Gasteiger partial charge in [0.1, 0.15) is 6.54 Å². The maximum atomic E-state index is 13.1. The molecule has 0 unspecified atom stereocenters. The lowest BCUT2D eigenvalue weighted by molar-refractivity contribution is -0.133. The summed E-state index contributed by atoms with van der Waals surface area (Å²) < 4.78 is 2.04. The van der Waals surface area contributed by atoms with E-state index in [9.17, 15) is 9.59 Å². The van der Waals surface area contributed by atoms with Gasteiger partial charge in [0.25, 0.3) is 0 Å². The van der Waals surface area contributed by atoms with Crippen LogP contribution in [-0.4, -0.2) is 45.4 Å². The number of rotatable bonds is 9. The molecule has 1 fully saturated rings. The molecule has 1 N–H and O–H groups in total. The lowest BCUT2D eigenvalue weighted by Gasteiger charge is -2.28. The average Bonchev–Trinajstić information content (AvgIpc) is 3.47. The molecule has 0 bridgehead atoms. The van der Waals surface area contributed by atoms with E-state index in [4.69, 9.17) is 0 Å². The third kappa shape index (κ3) is 5.62. The molecule has 1 saturated carbocycles. The van der Waals surface area contributed by atoms with Crippen LogP contribution in [0.25, 0.3) is 0 Å². The number of benzene rings is 1. The van der Waals surface area contributed by atoms with Crippen molar-refractivity contribution in [2.75, 3.05) is 18.4 Å². The highest BCUT2D eigenvalue weighted by Crippen LogP contribution is 2.28. The van der Waals surface area contributed by atoms with Crippen molar-refractivity contribution in [1.82, 2.24) is 14.4 Å². The predicted octanol–water partition coefficient (Wildman–Crippen LogP) is 4.02. The number of hydrogen-bond acceptors (Lipinski definition) is 2. The fourth-order valence-electron chi connectivity index (χ4n) is 3.49. The summed E-state index contributed by atoms with van der Waals surface area (Å²) in [4.78, 5) is 29.5. The predicted molar refractivity (Wildman–Crippen MR) is 116 cm³/mol. The Morgan fingerprint density at radius 1 is 1.17 bits per heavy atom. The number of urea groups is 1. The molecule has 1 aromatic carbocycles. The summed E-state index contributed by atoms with van der Waals surface area (Å²) in [5, 5.41) is 2.96. The molecule has 1 heterocycles. The molecule has 3 rings (SSSR count). The number of hydrogen-bond donors (Lipinski definition) is 1. The van der Waals surface area contributed by atoms with Crippen LogP contribution in [0.5, 0.6) is 0 Å². The third-order valence-corrected chi connectivity index (χ3v) is 5.39. The van der Waals surface area contributed by atoms with Crippen LogP contribution < -0.4 is 5.32 Å². The third-order valence-electron chi connectivity index (χ3n) is 5.39. The number of amides is 3. The van der Waals surface area contributed by atoms with Gasteiger partial charge in [-0.1, -0.05) is 26.0 Å². The van der Waals surface area contributed by atoms with Crippen molar-refractivity contribution in [3.63, 3.8) is 0 Å². The highest BCUT2D eigenvalue weighted by Gasteiger charge is 2.34. The van der Waals surface area contributed by atoms with E-state index in [1.54, 1.807) is 4.90 Å². The first kappa shape index (κ1) is 21.0. The second kappa shape index (κ2) is 9.63. The molecule has 2 aromatic rings. The topological polar surface area (TPSA) is 57.6 Å². The second-order valence-electron chi connectivity index (χ2n) is 7.77. The Morgan fingerprint density at radius 3 is 2.59 bits per heavy atom. The zero-order chi connectivity index (χ0) is 20.8. The molecule has 0 radical (unpaired) electrons. The van der Waals surface area contributed by atoms with Gasteiger partial charge in [0.15, 0.2) is 0 Å². The Balaban J connectivity index is 1.66. The number of carbonyl (C=O) groups is 2. The zero-order valence-corrected chi connectivity index (χ0v) is 17.7. The van der Waals surface area contributed by atoms with E-state index < -0.39 is 0 Å². The molecular weight excluding hydrogens is 364 g/mol. The van der Waals surface area contributed by atoms with Crippen LogP contribution in [0, 0.1) is 0 Å². The van der Waals surface area contributed by atoms with Crippen LogP contribution >= 0.6 is 0 Å². The van der Waals surface area contributed by atoms with Crippen LogP contribution in [0.1, 0.15) is 44.4 Å². The second-order valence-corrected chi connectivity index (χ2v) is 7.77. The maximum Gasteiger partial charge on any atom is 0.322 e. The van der Waals surface area contributed by atoms with Crippen molar-refractivity contribution in [1.29, 1.82) is 0 Å². The van der Waals surface area contributed by atoms with E-state index in [1.807, 2.05) is 66.0 Å². The van der Waals surface area contributed by atoms with Crippen molar-refractivity contribution in [2.24, 2.45) is 7.05 Å². The van der Waals surface area contributed by atoms with E-state index in [0.29, 0.717) is 19.1 Å². The summed E-state index contributed by atoms with van der Waals surface area (Å²) in [6, 6.07) is 12.0. The molecule has 0 saturated heterocycles. The Kier molecular flexibility index (Phi) is 6.96. The van der Waals surface area contributed by atoms with E-state index in [2.05, 4.69) is 12.2 Å². The van der Waals surface area contributed by atoms with Crippen LogP contribution in [0.3, 0.4) is 0 Å². The SMILES string of the molecule is CCCN(CC(=O)N(Cc1cccn1C)C1CC1)C(=O)Nc1cccc(CC)c1. The minimum absolute atomic E-state index is 0.0135. The number of aryl methyl sites for hydroxylation is 2. The lowest BCUT2D eigenvalue weighted by atomic mass is 10.1. The number of carbonyl (C=O) groups excluding carboxylic acids is 2. The van der Waals surface area contributed by atoms with Gasteiger partial charge in [0, 0.05) is 37.2 Å². The first-order valence-corrected chi connectivity index (χ1v) is 10.6. The van der Waals surface area contributed by atoms with E-state index >= 15 is 0 Å². The van der Waals surface area contributed by atoms with Crippen molar-refractivity contribution >= 4 is 17.6 Å². The van der Waals surface area contributed by atoms with Gasteiger partial charge in [-0.05, 0) is 55.5 Å². The van der Waals surface area contributed by atoms with Gasteiger partial charge in [0.05, 0.1) is 6.54 Å². The minimum atomic E-state index is -0.219. The maximum absolute atomic E-state index is 13.1. The lowest BCUT2D eigenvalue weighted by Crippen LogP contribution is -2.45. The summed E-state index contributed by atoms with van der Waals surface area (Å²) in [5.41, 5.74) is 3.04. The molecule has 1 aliphatic carbocycles. The minimum Gasteiger partial charge on any atom is -0.353 e. The van der Waals surface area contributed by atoms with Crippen molar-refractivity contribution in [3.05, 3.63) is 53.9 Å². The highest BCUT2D eigenvalue weighted by atomic mass is 16.2. The number of nitrogens with zero attached hydrogens (tertiary/aromatic N) is 3. The molecule has 1 aliphatic rings. The molecule has 1 aromatic heterocycles. The molecule has 6 heteroatoms. The largest absolute Gasteiger partial charge is 0.353 e. The Labute approximate surface area is 173 Å². The molecule has 0 atom stereocenters. The average molecular weight is 397 g/mol. The molecule has 3 amide bonds. The first-order chi connectivity index (χ1) is 14.0. The van der Waals surface area contributed by atoms with E-state index in [-0.39, 0.29) is 18.5 Å². The van der Waals surface area contributed by atoms with Crippen LogP contribution in [-0.2, 0) is 24.8 Å². The number of nitrogens with one attached hydrogen (secondary N) is 1. The van der Waals surface area contributed by atoms with Gasteiger partial charge in [-0.25, -0.2) is 4.79 Å². The Hall–Kier alpha value is -2.76. The van der Waals surface area contributed by atoms with Crippen molar-refractivity contribution < 1.29 is 9.59 Å². The molecule has 6 nitrogen and oxygen atoms in total. The quantitative estimate of drug-likeness (QED) is 0.696. The fraction of sp³-hybridized carbons (Fsp3) is 0.478. The van der Waals surface area contributed by atoms with Crippen LogP contribution in [0.2, 0.25) is 0 Å². The fourth-order valence-corrected chi connectivity index (χ4v) is 3.49. The van der Waals surface area contributed by atoms with E-state index in [1.165, 1.54) is 5.56 Å². The Bertz CT molecular complexity index is 841.